The van der Waals surface area contributed by atoms with Crippen LogP contribution < -0.4 is 4.52 Å². The number of nitro groups is 1. The van der Waals surface area contributed by atoms with Crippen LogP contribution >= 0.6 is 7.82 Å². The van der Waals surface area contributed by atoms with Gasteiger partial charge in [0.15, 0.2) is 0 Å². The van der Waals surface area contributed by atoms with Crippen molar-refractivity contribution in [2.75, 3.05) is 27.4 Å². The minimum atomic E-state index is -3.73. The number of phosphoric acid groups is 1. The van der Waals surface area contributed by atoms with E-state index in [1.807, 2.05) is 0 Å². The fourth-order valence-electron chi connectivity index (χ4n) is 1.25. The second-order valence-corrected chi connectivity index (χ2v) is 5.35. The van der Waals surface area contributed by atoms with Crippen molar-refractivity contribution in [2.24, 2.45) is 0 Å². The molecule has 0 heterocycles. The highest BCUT2D eigenvalue weighted by Gasteiger charge is 2.26. The van der Waals surface area contributed by atoms with Crippen molar-refractivity contribution >= 4 is 13.5 Å². The normalized spacial score (nSPS) is 13.7. The molecule has 0 bridgehead atoms. The largest absolute Gasteiger partial charge is 0.529 e. The molecule has 0 aliphatic carbocycles. The highest BCUT2D eigenvalue weighted by molar-refractivity contribution is 7.48. The lowest BCUT2D eigenvalue weighted by Gasteiger charge is -2.16. The van der Waals surface area contributed by atoms with E-state index in [0.717, 1.165) is 0 Å². The highest BCUT2D eigenvalue weighted by atomic mass is 31.2. The van der Waals surface area contributed by atoms with Crippen molar-refractivity contribution < 1.29 is 27.8 Å². The first-order valence-corrected chi connectivity index (χ1v) is 7.20. The zero-order valence-corrected chi connectivity index (χ0v) is 12.1. The summed E-state index contributed by atoms with van der Waals surface area (Å²) >= 11 is 0. The van der Waals surface area contributed by atoms with E-state index in [1.165, 1.54) is 31.4 Å². The van der Waals surface area contributed by atoms with Gasteiger partial charge in [0, 0.05) is 33.0 Å². The minimum absolute atomic E-state index is 0.0920. The van der Waals surface area contributed by atoms with E-state index in [4.69, 9.17) is 18.3 Å². The molecule has 0 saturated heterocycles. The predicted octanol–water partition coefficient (Wildman–Crippen LogP) is 2.78. The molecule has 0 saturated carbocycles. The van der Waals surface area contributed by atoms with Gasteiger partial charge < -0.3 is 9.26 Å². The van der Waals surface area contributed by atoms with Crippen LogP contribution in [0.15, 0.2) is 24.3 Å². The molecule has 20 heavy (non-hydrogen) atoms. The molecular formula is C11H16NO7P. The average molecular weight is 305 g/mol. The number of rotatable bonds is 9. The van der Waals surface area contributed by atoms with Crippen molar-refractivity contribution in [3.63, 3.8) is 0 Å². The second-order valence-electron chi connectivity index (χ2n) is 3.65. The number of methoxy groups -OCH3 is 1. The third-order valence-corrected chi connectivity index (χ3v) is 3.61. The maximum atomic E-state index is 12.1. The Morgan fingerprint density at radius 3 is 2.35 bits per heavy atom. The average Bonchev–Trinajstić information content (AvgIpc) is 2.44. The number of nitrogens with zero attached hydrogens (tertiary/aromatic N) is 1. The van der Waals surface area contributed by atoms with Crippen molar-refractivity contribution in [1.29, 1.82) is 0 Å². The molecule has 0 amide bonds. The number of benzene rings is 1. The van der Waals surface area contributed by atoms with Crippen molar-refractivity contribution in [2.45, 2.75) is 6.42 Å². The molecule has 0 spiro atoms. The van der Waals surface area contributed by atoms with Gasteiger partial charge in [0.1, 0.15) is 5.75 Å². The molecule has 1 unspecified atom stereocenters. The molecule has 1 atom stereocenters. The lowest BCUT2D eigenvalue weighted by Crippen LogP contribution is -2.03. The summed E-state index contributed by atoms with van der Waals surface area (Å²) in [5.41, 5.74) is -0.0920. The molecular weight excluding hydrogens is 289 g/mol. The third-order valence-electron chi connectivity index (χ3n) is 2.23. The number of nitro benzene ring substituents is 1. The lowest BCUT2D eigenvalue weighted by atomic mass is 10.3. The molecule has 1 aromatic rings. The summed E-state index contributed by atoms with van der Waals surface area (Å²) in [6.45, 7) is 0.604. The first-order chi connectivity index (χ1) is 9.50. The molecule has 0 aromatic heterocycles. The summed E-state index contributed by atoms with van der Waals surface area (Å²) in [6, 6.07) is 5.12. The van der Waals surface area contributed by atoms with Crippen LogP contribution in [0.5, 0.6) is 5.75 Å². The Balaban J connectivity index is 2.62. The van der Waals surface area contributed by atoms with Gasteiger partial charge in [0.2, 0.25) is 0 Å². The van der Waals surface area contributed by atoms with Gasteiger partial charge in [-0.2, -0.15) is 0 Å². The Kier molecular flexibility index (Phi) is 6.60. The Morgan fingerprint density at radius 1 is 1.20 bits per heavy atom. The Hall–Kier alpha value is -1.47. The van der Waals surface area contributed by atoms with E-state index < -0.39 is 12.7 Å². The van der Waals surface area contributed by atoms with Gasteiger partial charge in [-0.1, -0.05) is 0 Å². The molecule has 1 aromatic carbocycles. The van der Waals surface area contributed by atoms with E-state index in [0.29, 0.717) is 13.0 Å². The molecule has 0 aliphatic rings. The van der Waals surface area contributed by atoms with Gasteiger partial charge in [-0.05, 0) is 18.6 Å². The van der Waals surface area contributed by atoms with E-state index in [9.17, 15) is 14.7 Å². The van der Waals surface area contributed by atoms with E-state index in [1.54, 1.807) is 7.11 Å². The Bertz CT molecular complexity index is 476. The van der Waals surface area contributed by atoms with Gasteiger partial charge in [-0.15, -0.1) is 0 Å². The molecule has 0 fully saturated rings. The number of hydrogen-bond donors (Lipinski definition) is 0. The van der Waals surface area contributed by atoms with E-state index in [-0.39, 0.29) is 18.0 Å². The van der Waals surface area contributed by atoms with Crippen molar-refractivity contribution in [1.82, 2.24) is 0 Å². The zero-order valence-electron chi connectivity index (χ0n) is 11.2. The quantitative estimate of drug-likeness (QED) is 0.299. The van der Waals surface area contributed by atoms with Crippen molar-refractivity contribution in [3.8, 4) is 5.75 Å². The van der Waals surface area contributed by atoms with Gasteiger partial charge >= 0.3 is 7.82 Å². The first-order valence-electron chi connectivity index (χ1n) is 5.74. The molecule has 0 aliphatic heterocycles. The fourth-order valence-corrected chi connectivity index (χ4v) is 2.22. The summed E-state index contributed by atoms with van der Waals surface area (Å²) in [4.78, 5) is 9.96. The van der Waals surface area contributed by atoms with Crippen LogP contribution in [0.1, 0.15) is 6.42 Å². The topological polar surface area (TPSA) is 97.1 Å². The number of hydrogen-bond acceptors (Lipinski definition) is 7. The number of phosphoric ester groups is 1. The predicted molar refractivity (Wildman–Crippen MR) is 70.8 cm³/mol. The van der Waals surface area contributed by atoms with Gasteiger partial charge in [0.05, 0.1) is 11.5 Å². The van der Waals surface area contributed by atoms with Crippen molar-refractivity contribution in [3.05, 3.63) is 34.4 Å². The Labute approximate surface area is 116 Å². The van der Waals surface area contributed by atoms with E-state index >= 15 is 0 Å². The summed E-state index contributed by atoms with van der Waals surface area (Å²) in [5, 5.41) is 10.5. The molecule has 0 radical (unpaired) electrons. The molecule has 0 N–H and O–H groups in total. The zero-order chi connectivity index (χ0) is 15.0. The lowest BCUT2D eigenvalue weighted by molar-refractivity contribution is -0.384. The molecule has 8 nitrogen and oxygen atoms in total. The maximum Gasteiger partial charge on any atom is 0.529 e. The monoisotopic (exact) mass is 305 g/mol. The summed E-state index contributed by atoms with van der Waals surface area (Å²) in [7, 11) is -0.985. The standard InChI is InChI=1S/C11H16NO7P/c1-16-8-3-9-18-20(15,17-2)19-11-6-4-10(5-7-11)12(13)14/h4-7H,3,8-9H2,1-2H3. The Morgan fingerprint density at radius 2 is 1.85 bits per heavy atom. The van der Waals surface area contributed by atoms with Crippen LogP contribution in [0.2, 0.25) is 0 Å². The van der Waals surface area contributed by atoms with Gasteiger partial charge in [-0.25, -0.2) is 4.57 Å². The molecule has 1 rings (SSSR count). The van der Waals surface area contributed by atoms with Crippen LogP contribution in [0.25, 0.3) is 0 Å². The number of ether oxygens (including phenoxy) is 1. The van der Waals surface area contributed by atoms with Crippen LogP contribution in [0, 0.1) is 10.1 Å². The highest BCUT2D eigenvalue weighted by Crippen LogP contribution is 2.48. The smallest absolute Gasteiger partial charge is 0.404 e. The van der Waals surface area contributed by atoms with E-state index in [2.05, 4.69) is 0 Å². The molecule has 9 heteroatoms. The van der Waals surface area contributed by atoms with Crippen LogP contribution in [-0.2, 0) is 18.3 Å². The second kappa shape index (κ2) is 7.96. The van der Waals surface area contributed by atoms with Crippen LogP contribution in [0.3, 0.4) is 0 Å². The minimum Gasteiger partial charge on any atom is -0.404 e. The number of non-ortho nitro benzene ring substituents is 1. The third kappa shape index (κ3) is 5.26. The first kappa shape index (κ1) is 16.6. The SMILES string of the molecule is COCCCOP(=O)(OC)Oc1ccc([N+](=O)[O-])cc1. The molecule has 112 valence electrons. The summed E-state index contributed by atoms with van der Waals surface area (Å²) in [6.07, 6.45) is 0.535. The summed E-state index contributed by atoms with van der Waals surface area (Å²) in [5.74, 6) is 0.160. The van der Waals surface area contributed by atoms with Gasteiger partial charge in [-0.3, -0.25) is 19.2 Å². The van der Waals surface area contributed by atoms with Crippen LogP contribution in [0.4, 0.5) is 5.69 Å². The summed E-state index contributed by atoms with van der Waals surface area (Å²) < 4.78 is 31.8. The van der Waals surface area contributed by atoms with Crippen LogP contribution in [-0.4, -0.2) is 32.4 Å². The van der Waals surface area contributed by atoms with Gasteiger partial charge in [0.25, 0.3) is 5.69 Å². The maximum absolute atomic E-state index is 12.1. The fraction of sp³-hybridized carbons (Fsp3) is 0.455.